The molecule has 1 aromatic carbocycles. The molecule has 13 heavy (non-hydrogen) atoms. The van der Waals surface area contributed by atoms with Crippen molar-refractivity contribution in [2.24, 2.45) is 0 Å². The van der Waals surface area contributed by atoms with Gasteiger partial charge in [-0.2, -0.15) is 12.6 Å². The quantitative estimate of drug-likeness (QED) is 0.717. The molecule has 2 rings (SSSR count). The monoisotopic (exact) mass is 189 g/mol. The number of hydrogen-bond donors (Lipinski definition) is 1. The molecule has 66 valence electrons. The smallest absolute Gasteiger partial charge is 0.0705 e. The van der Waals surface area contributed by atoms with Gasteiger partial charge in [0.25, 0.3) is 0 Å². The molecular formula is C11H11NS. The second-order valence-electron chi connectivity index (χ2n) is 2.97. The lowest BCUT2D eigenvalue weighted by molar-refractivity contribution is 1.07. The van der Waals surface area contributed by atoms with Crippen LogP contribution < -0.4 is 0 Å². The molecule has 0 aliphatic rings. The molecule has 0 aliphatic heterocycles. The van der Waals surface area contributed by atoms with E-state index in [1.165, 1.54) is 5.39 Å². The van der Waals surface area contributed by atoms with E-state index < -0.39 is 0 Å². The van der Waals surface area contributed by atoms with Gasteiger partial charge in [-0.1, -0.05) is 24.3 Å². The number of thiol groups is 1. The molecule has 0 saturated carbocycles. The highest BCUT2D eigenvalue weighted by Gasteiger charge is 1.95. The van der Waals surface area contributed by atoms with Crippen LogP contribution in [0, 0.1) is 0 Å². The van der Waals surface area contributed by atoms with Gasteiger partial charge in [0.1, 0.15) is 0 Å². The molecule has 0 bridgehead atoms. The number of benzene rings is 1. The van der Waals surface area contributed by atoms with Crippen molar-refractivity contribution >= 4 is 23.5 Å². The van der Waals surface area contributed by atoms with Gasteiger partial charge in [-0.15, -0.1) is 0 Å². The molecule has 0 aliphatic carbocycles. The fourth-order valence-electron chi connectivity index (χ4n) is 1.36. The summed E-state index contributed by atoms with van der Waals surface area (Å²) in [7, 11) is 0. The minimum atomic E-state index is 0.853. The van der Waals surface area contributed by atoms with Crippen LogP contribution >= 0.6 is 12.6 Å². The van der Waals surface area contributed by atoms with Crippen molar-refractivity contribution < 1.29 is 0 Å². The number of nitrogens with zero attached hydrogens (tertiary/aromatic N) is 1. The summed E-state index contributed by atoms with van der Waals surface area (Å²) in [6.07, 6.45) is 0.938. The molecule has 0 unspecified atom stereocenters. The second kappa shape index (κ2) is 3.79. The summed E-state index contributed by atoms with van der Waals surface area (Å²) < 4.78 is 0. The van der Waals surface area contributed by atoms with Gasteiger partial charge in [-0.25, -0.2) is 0 Å². The Morgan fingerprint density at radius 2 is 1.92 bits per heavy atom. The average molecular weight is 189 g/mol. The average Bonchev–Trinajstić information content (AvgIpc) is 2.18. The number of aryl methyl sites for hydroxylation is 1. The highest BCUT2D eigenvalue weighted by Crippen LogP contribution is 2.11. The van der Waals surface area contributed by atoms with Crippen molar-refractivity contribution in [2.45, 2.75) is 6.42 Å². The maximum Gasteiger partial charge on any atom is 0.0705 e. The first-order valence-corrected chi connectivity index (χ1v) is 4.99. The van der Waals surface area contributed by atoms with Gasteiger partial charge in [0.15, 0.2) is 0 Å². The largest absolute Gasteiger partial charge is 0.253 e. The van der Waals surface area contributed by atoms with E-state index in [0.717, 1.165) is 23.4 Å². The molecule has 1 heterocycles. The minimum Gasteiger partial charge on any atom is -0.253 e. The summed E-state index contributed by atoms with van der Waals surface area (Å²) in [6, 6.07) is 12.3. The van der Waals surface area contributed by atoms with Gasteiger partial charge in [-0.3, -0.25) is 4.98 Å². The molecule has 0 amide bonds. The van der Waals surface area contributed by atoms with Crippen molar-refractivity contribution in [3.05, 3.63) is 42.1 Å². The maximum absolute atomic E-state index is 4.52. The Kier molecular flexibility index (Phi) is 2.50. The third-order valence-electron chi connectivity index (χ3n) is 2.02. The summed E-state index contributed by atoms with van der Waals surface area (Å²) in [5.41, 5.74) is 2.19. The molecule has 2 heteroatoms. The van der Waals surface area contributed by atoms with Crippen LogP contribution in [0.4, 0.5) is 0 Å². The molecule has 0 spiro atoms. The Hall–Kier alpha value is -1.02. The third kappa shape index (κ3) is 1.83. The Morgan fingerprint density at radius 3 is 2.77 bits per heavy atom. The van der Waals surface area contributed by atoms with Crippen LogP contribution in [0.1, 0.15) is 5.69 Å². The zero-order valence-electron chi connectivity index (χ0n) is 7.27. The maximum atomic E-state index is 4.52. The predicted molar refractivity (Wildman–Crippen MR) is 59.3 cm³/mol. The van der Waals surface area contributed by atoms with E-state index in [2.05, 4.69) is 35.8 Å². The van der Waals surface area contributed by atoms with Gasteiger partial charge >= 0.3 is 0 Å². The summed E-state index contributed by atoms with van der Waals surface area (Å²) in [5, 5.41) is 1.20. The third-order valence-corrected chi connectivity index (χ3v) is 2.25. The van der Waals surface area contributed by atoms with Crippen molar-refractivity contribution in [3.63, 3.8) is 0 Å². The molecule has 2 aromatic rings. The first kappa shape index (κ1) is 8.57. The highest BCUT2D eigenvalue weighted by molar-refractivity contribution is 7.80. The topological polar surface area (TPSA) is 12.9 Å². The summed E-state index contributed by atoms with van der Waals surface area (Å²) in [6.45, 7) is 0. The minimum absolute atomic E-state index is 0.853. The molecule has 0 N–H and O–H groups in total. The molecular weight excluding hydrogens is 178 g/mol. The van der Waals surface area contributed by atoms with E-state index in [-0.39, 0.29) is 0 Å². The number of para-hydroxylation sites is 1. The normalized spacial score (nSPS) is 10.5. The van der Waals surface area contributed by atoms with Crippen LogP contribution in [0.15, 0.2) is 36.4 Å². The van der Waals surface area contributed by atoms with Crippen LogP contribution in [0.5, 0.6) is 0 Å². The number of rotatable bonds is 2. The van der Waals surface area contributed by atoms with E-state index in [1.807, 2.05) is 18.2 Å². The molecule has 0 saturated heterocycles. The van der Waals surface area contributed by atoms with Crippen LogP contribution in [-0.4, -0.2) is 10.7 Å². The lowest BCUT2D eigenvalue weighted by atomic mass is 10.2. The van der Waals surface area contributed by atoms with Crippen LogP contribution in [0.2, 0.25) is 0 Å². The summed E-state index contributed by atoms with van der Waals surface area (Å²) in [4.78, 5) is 4.52. The van der Waals surface area contributed by atoms with Gasteiger partial charge in [-0.05, 0) is 24.3 Å². The van der Waals surface area contributed by atoms with E-state index in [4.69, 9.17) is 0 Å². The lowest BCUT2D eigenvalue weighted by Gasteiger charge is -2.00. The second-order valence-corrected chi connectivity index (χ2v) is 3.42. The zero-order chi connectivity index (χ0) is 9.10. The number of fused-ring (bicyclic) bond motifs is 1. The molecule has 0 atom stereocenters. The summed E-state index contributed by atoms with van der Waals surface area (Å²) in [5.74, 6) is 0.853. The first-order valence-electron chi connectivity index (χ1n) is 4.36. The van der Waals surface area contributed by atoms with Gasteiger partial charge in [0, 0.05) is 11.1 Å². The fraction of sp³-hybridized carbons (Fsp3) is 0.182. The Bertz CT molecular complexity index is 412. The number of aromatic nitrogens is 1. The van der Waals surface area contributed by atoms with Crippen molar-refractivity contribution in [1.82, 2.24) is 4.98 Å². The van der Waals surface area contributed by atoms with Gasteiger partial charge < -0.3 is 0 Å². The van der Waals surface area contributed by atoms with Crippen molar-refractivity contribution in [1.29, 1.82) is 0 Å². The predicted octanol–water partition coefficient (Wildman–Crippen LogP) is 2.71. The van der Waals surface area contributed by atoms with E-state index >= 15 is 0 Å². The van der Waals surface area contributed by atoms with Crippen LogP contribution in [0.25, 0.3) is 10.9 Å². The van der Waals surface area contributed by atoms with Crippen LogP contribution in [-0.2, 0) is 6.42 Å². The summed E-state index contributed by atoms with van der Waals surface area (Å²) >= 11 is 4.19. The SMILES string of the molecule is SCCc1ccc2ccccc2n1. The Balaban J connectivity index is 2.49. The van der Waals surface area contributed by atoms with Crippen molar-refractivity contribution in [2.75, 3.05) is 5.75 Å². The Labute approximate surface area is 83.2 Å². The van der Waals surface area contributed by atoms with E-state index in [9.17, 15) is 0 Å². The fourth-order valence-corrected chi connectivity index (χ4v) is 1.59. The highest BCUT2D eigenvalue weighted by atomic mass is 32.1. The van der Waals surface area contributed by atoms with Gasteiger partial charge in [0.2, 0.25) is 0 Å². The standard InChI is InChI=1S/C11H11NS/c13-8-7-10-6-5-9-3-1-2-4-11(9)12-10/h1-6,13H,7-8H2. The van der Waals surface area contributed by atoms with Gasteiger partial charge in [0.05, 0.1) is 5.52 Å². The molecule has 0 radical (unpaired) electrons. The number of pyridine rings is 1. The Morgan fingerprint density at radius 1 is 1.08 bits per heavy atom. The number of hydrogen-bond acceptors (Lipinski definition) is 2. The molecule has 1 nitrogen and oxygen atoms in total. The first-order chi connectivity index (χ1) is 6.40. The lowest BCUT2D eigenvalue weighted by Crippen LogP contribution is -1.90. The molecule has 1 aromatic heterocycles. The van der Waals surface area contributed by atoms with E-state index in [0.29, 0.717) is 0 Å². The van der Waals surface area contributed by atoms with Crippen LogP contribution in [0.3, 0.4) is 0 Å². The van der Waals surface area contributed by atoms with Crippen molar-refractivity contribution in [3.8, 4) is 0 Å². The van der Waals surface area contributed by atoms with E-state index in [1.54, 1.807) is 0 Å². The molecule has 0 fully saturated rings. The zero-order valence-corrected chi connectivity index (χ0v) is 8.17.